The first kappa shape index (κ1) is 20.7. The molecule has 2 aliphatic carbocycles. The summed E-state index contributed by atoms with van der Waals surface area (Å²) in [6.45, 7) is 2.28. The predicted molar refractivity (Wildman–Crippen MR) is 143 cm³/mol. The Morgan fingerprint density at radius 3 is 2.12 bits per heavy atom. The first-order valence-corrected chi connectivity index (χ1v) is 12.3. The second kappa shape index (κ2) is 8.80. The van der Waals surface area contributed by atoms with Gasteiger partial charge < -0.3 is 0 Å². The van der Waals surface area contributed by atoms with Crippen LogP contribution < -0.4 is 10.4 Å². The largest absolute Gasteiger partial charge is 0.0801 e. The summed E-state index contributed by atoms with van der Waals surface area (Å²) in [4.78, 5) is 0. The van der Waals surface area contributed by atoms with Gasteiger partial charge in [-0.2, -0.15) is 0 Å². The lowest BCUT2D eigenvalue weighted by Crippen LogP contribution is -2.22. The molecule has 0 amide bonds. The summed E-state index contributed by atoms with van der Waals surface area (Å²) in [5, 5.41) is 5.19. The molecule has 1 radical (unpaired) electrons. The molecule has 0 fully saturated rings. The number of fused-ring (bicyclic) bond motifs is 2. The van der Waals surface area contributed by atoms with Gasteiger partial charge in [-0.3, -0.25) is 0 Å². The molecular formula is C34H27. The summed E-state index contributed by atoms with van der Waals surface area (Å²) < 4.78 is 0. The SMILES string of the molecule is CCCc1cc2c(c(C3=CC=CC3)c1=C(c1ccccc1)c1ccccc1)[C]=c1ccccc1=2. The van der Waals surface area contributed by atoms with Crippen LogP contribution >= 0.6 is 0 Å². The van der Waals surface area contributed by atoms with E-state index in [1.165, 1.54) is 59.8 Å². The molecule has 0 N–H and O–H groups in total. The average Bonchev–Trinajstić information content (AvgIpc) is 3.54. The minimum Gasteiger partial charge on any atom is -0.0801 e. The van der Waals surface area contributed by atoms with Crippen molar-refractivity contribution in [3.05, 3.63) is 158 Å². The molecule has 0 unspecified atom stereocenters. The van der Waals surface area contributed by atoms with Crippen LogP contribution in [0.3, 0.4) is 0 Å². The van der Waals surface area contributed by atoms with Gasteiger partial charge in [-0.05, 0) is 84.8 Å². The van der Waals surface area contributed by atoms with Crippen molar-refractivity contribution in [1.29, 1.82) is 0 Å². The summed E-state index contributed by atoms with van der Waals surface area (Å²) in [7, 11) is 0. The molecule has 0 nitrogen and oxygen atoms in total. The van der Waals surface area contributed by atoms with Gasteiger partial charge in [0.05, 0.1) is 0 Å². The minimum atomic E-state index is 0.962. The van der Waals surface area contributed by atoms with Gasteiger partial charge in [-0.15, -0.1) is 0 Å². The minimum absolute atomic E-state index is 0.962. The Labute approximate surface area is 201 Å². The van der Waals surface area contributed by atoms with Crippen molar-refractivity contribution in [2.75, 3.05) is 0 Å². The summed E-state index contributed by atoms with van der Waals surface area (Å²) in [6.07, 6.45) is 13.7. The van der Waals surface area contributed by atoms with Crippen molar-refractivity contribution >= 4 is 17.2 Å². The Kier molecular flexibility index (Phi) is 5.35. The van der Waals surface area contributed by atoms with Crippen LogP contribution in [0.25, 0.3) is 17.2 Å². The third-order valence-electron chi connectivity index (χ3n) is 6.87. The number of aryl methyl sites for hydroxylation is 1. The fourth-order valence-corrected chi connectivity index (χ4v) is 5.41. The lowest BCUT2D eigenvalue weighted by atomic mass is 9.85. The van der Waals surface area contributed by atoms with E-state index in [4.69, 9.17) is 0 Å². The maximum Gasteiger partial charge on any atom is -0.000730 e. The van der Waals surface area contributed by atoms with Crippen molar-refractivity contribution in [2.45, 2.75) is 26.2 Å². The van der Waals surface area contributed by atoms with Gasteiger partial charge in [0.15, 0.2) is 0 Å². The van der Waals surface area contributed by atoms with Crippen molar-refractivity contribution in [3.8, 4) is 0 Å². The fraction of sp³-hybridized carbons (Fsp3) is 0.118. The Morgan fingerprint density at radius 1 is 0.794 bits per heavy atom. The topological polar surface area (TPSA) is 0 Å². The molecule has 4 aromatic rings. The van der Waals surface area contributed by atoms with Gasteiger partial charge in [0.1, 0.15) is 0 Å². The number of hydrogen-bond acceptors (Lipinski definition) is 0. The Bertz CT molecular complexity index is 1610. The van der Waals surface area contributed by atoms with Gasteiger partial charge in [0.25, 0.3) is 0 Å². The third kappa shape index (κ3) is 3.47. The molecule has 4 aromatic carbocycles. The second-order valence-corrected chi connectivity index (χ2v) is 9.06. The zero-order valence-corrected chi connectivity index (χ0v) is 19.5. The standard InChI is InChI=1S/C34H27/c1-2-13-28-23-30-29-21-12-11-20-27(29)22-31(30)33(26-18-9-10-19-26)34(28)32(24-14-5-3-6-15-24)25-16-7-4-8-17-25/h3-12,14-18,20-21,23H,2,13,19H2,1H3. The van der Waals surface area contributed by atoms with Gasteiger partial charge in [0, 0.05) is 0 Å². The maximum atomic E-state index is 3.81. The van der Waals surface area contributed by atoms with Crippen LogP contribution in [0.5, 0.6) is 0 Å². The number of rotatable bonds is 5. The van der Waals surface area contributed by atoms with E-state index in [0.717, 1.165) is 19.3 Å². The molecule has 0 bridgehead atoms. The molecule has 0 saturated carbocycles. The fourth-order valence-electron chi connectivity index (χ4n) is 5.41. The van der Waals surface area contributed by atoms with Crippen LogP contribution in [-0.4, -0.2) is 0 Å². The molecule has 2 aliphatic rings. The van der Waals surface area contributed by atoms with E-state index in [0.29, 0.717) is 0 Å². The molecule has 0 saturated heterocycles. The summed E-state index contributed by atoms with van der Waals surface area (Å²) in [6, 6.07) is 32.9. The number of allylic oxidation sites excluding steroid dienone is 4. The highest BCUT2D eigenvalue weighted by atomic mass is 14.2. The third-order valence-corrected chi connectivity index (χ3v) is 6.87. The molecule has 0 aliphatic heterocycles. The molecule has 0 heteroatoms. The predicted octanol–water partition coefficient (Wildman–Crippen LogP) is 6.54. The zero-order chi connectivity index (χ0) is 22.9. The summed E-state index contributed by atoms with van der Waals surface area (Å²) in [5.41, 5.74) is 9.23. The van der Waals surface area contributed by atoms with Crippen molar-refractivity contribution in [3.63, 3.8) is 0 Å². The van der Waals surface area contributed by atoms with Crippen LogP contribution in [0.1, 0.15) is 47.6 Å². The average molecular weight is 436 g/mol. The molecule has 0 spiro atoms. The van der Waals surface area contributed by atoms with E-state index in [1.54, 1.807) is 0 Å². The molecule has 6 rings (SSSR count). The monoisotopic (exact) mass is 435 g/mol. The molecule has 0 heterocycles. The van der Waals surface area contributed by atoms with E-state index in [1.807, 2.05) is 0 Å². The van der Waals surface area contributed by atoms with Crippen molar-refractivity contribution in [1.82, 2.24) is 0 Å². The zero-order valence-electron chi connectivity index (χ0n) is 19.5. The molecule has 163 valence electrons. The number of hydrogen-bond donors (Lipinski definition) is 0. The highest BCUT2D eigenvalue weighted by Crippen LogP contribution is 2.30. The van der Waals surface area contributed by atoms with Gasteiger partial charge >= 0.3 is 0 Å². The van der Waals surface area contributed by atoms with Gasteiger partial charge in [-0.25, -0.2) is 0 Å². The van der Waals surface area contributed by atoms with Crippen LogP contribution in [0.2, 0.25) is 0 Å². The van der Waals surface area contributed by atoms with Crippen LogP contribution in [0, 0.1) is 10.4 Å². The highest BCUT2D eigenvalue weighted by Gasteiger charge is 2.20. The quantitative estimate of drug-likeness (QED) is 0.294. The van der Waals surface area contributed by atoms with Crippen molar-refractivity contribution < 1.29 is 0 Å². The Morgan fingerprint density at radius 2 is 1.47 bits per heavy atom. The lowest BCUT2D eigenvalue weighted by molar-refractivity contribution is 0.911. The highest BCUT2D eigenvalue weighted by molar-refractivity contribution is 5.87. The van der Waals surface area contributed by atoms with E-state index in [-0.39, 0.29) is 0 Å². The molecular weight excluding hydrogens is 408 g/mol. The second-order valence-electron chi connectivity index (χ2n) is 9.06. The molecule has 0 atom stereocenters. The molecule has 34 heavy (non-hydrogen) atoms. The lowest BCUT2D eigenvalue weighted by Gasteiger charge is -2.18. The van der Waals surface area contributed by atoms with Crippen LogP contribution in [0.4, 0.5) is 0 Å². The smallest absolute Gasteiger partial charge is 0.000730 e. The Hall–Kier alpha value is -3.90. The van der Waals surface area contributed by atoms with Gasteiger partial charge in [-0.1, -0.05) is 117 Å². The van der Waals surface area contributed by atoms with E-state index < -0.39 is 0 Å². The van der Waals surface area contributed by atoms with E-state index in [2.05, 4.69) is 122 Å². The first-order chi connectivity index (χ1) is 16.8. The number of benzene rings is 4. The van der Waals surface area contributed by atoms with Crippen LogP contribution in [-0.2, 0) is 6.42 Å². The summed E-state index contributed by atoms with van der Waals surface area (Å²) in [5.74, 6) is 0. The first-order valence-electron chi connectivity index (χ1n) is 12.3. The molecule has 0 aromatic heterocycles. The van der Waals surface area contributed by atoms with Crippen LogP contribution in [0.15, 0.2) is 109 Å². The van der Waals surface area contributed by atoms with E-state index in [9.17, 15) is 0 Å². The van der Waals surface area contributed by atoms with E-state index >= 15 is 0 Å². The maximum absolute atomic E-state index is 3.81. The normalized spacial score (nSPS) is 13.3. The summed E-state index contributed by atoms with van der Waals surface area (Å²) >= 11 is 0. The van der Waals surface area contributed by atoms with Gasteiger partial charge in [0.2, 0.25) is 0 Å². The Balaban J connectivity index is 1.87. The van der Waals surface area contributed by atoms with Crippen molar-refractivity contribution in [2.24, 2.45) is 0 Å².